The first-order valence-corrected chi connectivity index (χ1v) is 14.7. The zero-order valence-electron chi connectivity index (χ0n) is 25.0. The van der Waals surface area contributed by atoms with Gasteiger partial charge in [0.25, 0.3) is 0 Å². The molecule has 0 saturated carbocycles. The van der Waals surface area contributed by atoms with E-state index in [2.05, 4.69) is 43.6 Å². The minimum absolute atomic E-state index is 0.0684. The maximum absolute atomic E-state index is 12.5. The van der Waals surface area contributed by atoms with Gasteiger partial charge in [-0.3, -0.25) is 10.1 Å². The first kappa shape index (κ1) is 30.6. The average molecular weight is 574 g/mol. The SMILES string of the molecule is CC1CCNc2c(cnc(N)c2Cc2ccc(NC(=O)Nc3cc(C(C)(C)C)on3)cc2)/C=C/CCCCCC(=O)N1. The molecule has 3 heterocycles. The summed E-state index contributed by atoms with van der Waals surface area (Å²) >= 11 is 0. The van der Waals surface area contributed by atoms with Crippen molar-refractivity contribution in [2.75, 3.05) is 28.2 Å². The zero-order chi connectivity index (χ0) is 30.1. The van der Waals surface area contributed by atoms with Crippen LogP contribution < -0.4 is 27.0 Å². The lowest BCUT2D eigenvalue weighted by Crippen LogP contribution is -2.33. The summed E-state index contributed by atoms with van der Waals surface area (Å²) in [5.41, 5.74) is 10.7. The third kappa shape index (κ3) is 8.83. The molecule has 0 spiro atoms. The van der Waals surface area contributed by atoms with Gasteiger partial charge >= 0.3 is 6.03 Å². The summed E-state index contributed by atoms with van der Waals surface area (Å²) in [6.45, 7) is 8.75. The van der Waals surface area contributed by atoms with E-state index in [-0.39, 0.29) is 17.4 Å². The van der Waals surface area contributed by atoms with Gasteiger partial charge in [0.1, 0.15) is 11.6 Å². The molecule has 3 amide bonds. The number of carbonyl (C=O) groups excluding carboxylic acids is 2. The van der Waals surface area contributed by atoms with Crippen LogP contribution in [0, 0.1) is 0 Å². The largest absolute Gasteiger partial charge is 0.384 e. The van der Waals surface area contributed by atoms with Crippen molar-refractivity contribution in [3.63, 3.8) is 0 Å². The number of nitrogens with two attached hydrogens (primary N) is 1. The van der Waals surface area contributed by atoms with Gasteiger partial charge < -0.3 is 26.2 Å². The maximum Gasteiger partial charge on any atom is 0.324 e. The number of carbonyl (C=O) groups is 2. The number of allylic oxidation sites excluding steroid dienone is 1. The Hall–Kier alpha value is -4.34. The van der Waals surface area contributed by atoms with E-state index in [1.54, 1.807) is 6.07 Å². The molecule has 224 valence electrons. The van der Waals surface area contributed by atoms with Gasteiger partial charge in [-0.1, -0.05) is 56.6 Å². The van der Waals surface area contributed by atoms with Gasteiger partial charge in [-0.25, -0.2) is 9.78 Å². The minimum Gasteiger partial charge on any atom is -0.384 e. The van der Waals surface area contributed by atoms with Crippen molar-refractivity contribution in [3.8, 4) is 0 Å². The van der Waals surface area contributed by atoms with Crippen LogP contribution in [0.5, 0.6) is 0 Å². The Morgan fingerprint density at radius 3 is 2.67 bits per heavy atom. The molecule has 42 heavy (non-hydrogen) atoms. The molecular weight excluding hydrogens is 530 g/mol. The number of aromatic nitrogens is 2. The van der Waals surface area contributed by atoms with E-state index < -0.39 is 6.03 Å². The molecule has 2 aromatic heterocycles. The average Bonchev–Trinajstić information content (AvgIpc) is 3.40. The summed E-state index contributed by atoms with van der Waals surface area (Å²) in [5, 5.41) is 16.1. The van der Waals surface area contributed by atoms with Gasteiger partial charge in [-0.2, -0.15) is 0 Å². The third-order valence-electron chi connectivity index (χ3n) is 7.18. The van der Waals surface area contributed by atoms with E-state index in [0.29, 0.717) is 42.5 Å². The minimum atomic E-state index is -0.406. The molecule has 10 heteroatoms. The highest BCUT2D eigenvalue weighted by molar-refractivity contribution is 5.99. The molecule has 1 atom stereocenters. The maximum atomic E-state index is 12.5. The molecule has 3 aromatic rings. The van der Waals surface area contributed by atoms with Crippen LogP contribution in [-0.2, 0) is 16.6 Å². The van der Waals surface area contributed by atoms with E-state index in [9.17, 15) is 9.59 Å². The fourth-order valence-corrected chi connectivity index (χ4v) is 4.74. The van der Waals surface area contributed by atoms with Gasteiger partial charge in [-0.05, 0) is 50.3 Å². The van der Waals surface area contributed by atoms with Crippen LogP contribution in [0.3, 0.4) is 0 Å². The summed E-state index contributed by atoms with van der Waals surface area (Å²) in [4.78, 5) is 29.2. The van der Waals surface area contributed by atoms with Gasteiger partial charge in [0.2, 0.25) is 5.91 Å². The second kappa shape index (κ2) is 14.0. The highest BCUT2D eigenvalue weighted by atomic mass is 16.5. The van der Waals surface area contributed by atoms with E-state index in [0.717, 1.165) is 54.5 Å². The molecule has 0 radical (unpaired) electrons. The highest BCUT2D eigenvalue weighted by Gasteiger charge is 2.20. The first-order valence-electron chi connectivity index (χ1n) is 14.7. The van der Waals surface area contributed by atoms with Gasteiger partial charge in [0.15, 0.2) is 5.82 Å². The highest BCUT2D eigenvalue weighted by Crippen LogP contribution is 2.30. The Balaban J connectivity index is 1.45. The normalized spacial score (nSPS) is 17.5. The van der Waals surface area contributed by atoms with Crippen LogP contribution in [-0.4, -0.2) is 34.7 Å². The van der Waals surface area contributed by atoms with Crippen molar-refractivity contribution in [1.82, 2.24) is 15.5 Å². The van der Waals surface area contributed by atoms with Gasteiger partial charge in [-0.15, -0.1) is 0 Å². The fourth-order valence-electron chi connectivity index (χ4n) is 4.74. The predicted molar refractivity (Wildman–Crippen MR) is 169 cm³/mol. The van der Waals surface area contributed by atoms with Crippen LogP contribution in [0.1, 0.15) is 88.7 Å². The van der Waals surface area contributed by atoms with Gasteiger partial charge in [0.05, 0.1) is 5.69 Å². The number of fused-ring (bicyclic) bond motifs is 1. The molecular formula is C32H43N7O3. The Kier molecular flexibility index (Phi) is 10.2. The van der Waals surface area contributed by atoms with Crippen molar-refractivity contribution in [2.24, 2.45) is 0 Å². The number of hydrogen-bond acceptors (Lipinski definition) is 7. The molecule has 0 bridgehead atoms. The molecule has 1 aromatic carbocycles. The van der Waals surface area contributed by atoms with Crippen molar-refractivity contribution >= 4 is 41.0 Å². The van der Waals surface area contributed by atoms with Crippen LogP contribution in [0.4, 0.5) is 27.8 Å². The standard InChI is InChI=1S/C32H43N7O3/c1-21-16-17-34-29-23(10-8-6-5-7-9-11-28(40)36-21)20-35-30(33)25(29)18-22-12-14-24(15-13-22)37-31(41)38-27-19-26(42-39-27)32(2,3)4/h8,10,12-15,19-21,34H,5-7,9,11,16-18H2,1-4H3,(H2,33,35)(H,36,40)(H2,37,38,39,41)/b10-8+. The Bertz CT molecular complexity index is 1390. The lowest BCUT2D eigenvalue weighted by Gasteiger charge is -2.19. The second-order valence-electron chi connectivity index (χ2n) is 11.9. The number of nitrogens with zero attached hydrogens (tertiary/aromatic N) is 2. The summed E-state index contributed by atoms with van der Waals surface area (Å²) < 4.78 is 5.33. The number of rotatable bonds is 4. The van der Waals surface area contributed by atoms with Crippen LogP contribution in [0.15, 0.2) is 47.1 Å². The van der Waals surface area contributed by atoms with E-state index in [4.69, 9.17) is 10.3 Å². The second-order valence-corrected chi connectivity index (χ2v) is 11.9. The van der Waals surface area contributed by atoms with E-state index in [1.807, 2.05) is 58.2 Å². The topological polar surface area (TPSA) is 147 Å². The van der Waals surface area contributed by atoms with Crippen molar-refractivity contribution in [1.29, 1.82) is 0 Å². The summed E-state index contributed by atoms with van der Waals surface area (Å²) in [7, 11) is 0. The number of benzene rings is 1. The molecule has 1 aliphatic rings. The Morgan fingerprint density at radius 1 is 1.14 bits per heavy atom. The lowest BCUT2D eigenvalue weighted by molar-refractivity contribution is -0.121. The van der Waals surface area contributed by atoms with Crippen LogP contribution >= 0.6 is 0 Å². The molecule has 10 nitrogen and oxygen atoms in total. The molecule has 0 fully saturated rings. The number of anilines is 4. The molecule has 6 N–H and O–H groups in total. The zero-order valence-corrected chi connectivity index (χ0v) is 25.0. The molecule has 1 unspecified atom stereocenters. The quantitative estimate of drug-likeness (QED) is 0.240. The third-order valence-corrected chi connectivity index (χ3v) is 7.18. The van der Waals surface area contributed by atoms with Crippen LogP contribution in [0.2, 0.25) is 0 Å². The fraction of sp³-hybridized carbons (Fsp3) is 0.438. The number of nitrogen functional groups attached to an aromatic ring is 1. The first-order chi connectivity index (χ1) is 20.1. The van der Waals surface area contributed by atoms with Gasteiger partial charge in [0, 0.05) is 59.9 Å². The Morgan fingerprint density at radius 2 is 1.93 bits per heavy atom. The van der Waals surface area contributed by atoms with Crippen molar-refractivity contribution in [2.45, 2.75) is 84.1 Å². The number of urea groups is 1. The number of pyridine rings is 1. The predicted octanol–water partition coefficient (Wildman–Crippen LogP) is 6.47. The monoisotopic (exact) mass is 573 g/mol. The molecule has 0 aliphatic carbocycles. The van der Waals surface area contributed by atoms with Crippen LogP contribution in [0.25, 0.3) is 6.08 Å². The molecule has 4 rings (SSSR count). The summed E-state index contributed by atoms with van der Waals surface area (Å²) in [6.07, 6.45) is 11.9. The molecule has 1 aliphatic heterocycles. The van der Waals surface area contributed by atoms with Crippen molar-refractivity contribution in [3.05, 3.63) is 65.1 Å². The lowest BCUT2D eigenvalue weighted by atomic mass is 9.93. The smallest absolute Gasteiger partial charge is 0.324 e. The van der Waals surface area contributed by atoms with Crippen molar-refractivity contribution < 1.29 is 14.1 Å². The molecule has 0 saturated heterocycles. The summed E-state index contributed by atoms with van der Waals surface area (Å²) in [6, 6.07) is 9.01. The van der Waals surface area contributed by atoms with E-state index >= 15 is 0 Å². The number of nitrogens with one attached hydrogen (secondary N) is 4. The summed E-state index contributed by atoms with van der Waals surface area (Å²) in [5.74, 6) is 1.63. The number of hydrogen-bond donors (Lipinski definition) is 5. The van der Waals surface area contributed by atoms with E-state index in [1.165, 1.54) is 0 Å². The Labute approximate surface area is 247 Å². The number of amides is 3.